The molecule has 0 unspecified atom stereocenters. The van der Waals surface area contributed by atoms with Gasteiger partial charge < -0.3 is 0 Å². The highest BCUT2D eigenvalue weighted by molar-refractivity contribution is 7.89. The molecular weight excluding hydrogens is 391 g/mol. The number of sulfonamides is 1. The monoisotopic (exact) mass is 401 g/mol. The minimum absolute atomic E-state index is 0.0144. The average Bonchev–Trinajstić information content (AvgIpc) is 2.99. The SMILES string of the molecule is NS(=O)(=O)c1ccc(-c2n[nH]c(C(F)(F)F)c2-c2cccc(Cl)c2)cc1. The summed E-state index contributed by atoms with van der Waals surface area (Å²) in [5.74, 6) is 0. The van der Waals surface area contributed by atoms with E-state index in [4.69, 9.17) is 16.7 Å². The summed E-state index contributed by atoms with van der Waals surface area (Å²) in [5, 5.41) is 11.1. The molecule has 136 valence electrons. The van der Waals surface area contributed by atoms with Crippen molar-refractivity contribution in [1.29, 1.82) is 0 Å². The number of primary sulfonamides is 1. The van der Waals surface area contributed by atoms with Crippen molar-refractivity contribution in [1.82, 2.24) is 10.2 Å². The highest BCUT2D eigenvalue weighted by Crippen LogP contribution is 2.41. The molecule has 0 radical (unpaired) electrons. The van der Waals surface area contributed by atoms with Crippen LogP contribution in [-0.2, 0) is 16.2 Å². The molecule has 0 aliphatic rings. The van der Waals surface area contributed by atoms with Gasteiger partial charge in [0.25, 0.3) is 0 Å². The zero-order valence-electron chi connectivity index (χ0n) is 12.9. The van der Waals surface area contributed by atoms with Crippen molar-refractivity contribution in [2.75, 3.05) is 0 Å². The Kier molecular flexibility index (Phi) is 4.55. The van der Waals surface area contributed by atoms with Crippen LogP contribution < -0.4 is 5.14 Å². The number of halogens is 4. The van der Waals surface area contributed by atoms with E-state index in [1.54, 1.807) is 6.07 Å². The summed E-state index contributed by atoms with van der Waals surface area (Å²) >= 11 is 5.91. The van der Waals surface area contributed by atoms with E-state index in [9.17, 15) is 21.6 Å². The fraction of sp³-hybridized carbons (Fsp3) is 0.0625. The molecule has 0 aliphatic heterocycles. The number of hydrogen-bond donors (Lipinski definition) is 2. The lowest BCUT2D eigenvalue weighted by Gasteiger charge is -2.10. The van der Waals surface area contributed by atoms with Gasteiger partial charge in [0.2, 0.25) is 10.0 Å². The van der Waals surface area contributed by atoms with Crippen molar-refractivity contribution < 1.29 is 21.6 Å². The molecule has 1 aromatic heterocycles. The van der Waals surface area contributed by atoms with E-state index in [1.165, 1.54) is 42.5 Å². The van der Waals surface area contributed by atoms with Crippen LogP contribution in [0, 0.1) is 0 Å². The second-order valence-electron chi connectivity index (χ2n) is 5.40. The van der Waals surface area contributed by atoms with Gasteiger partial charge in [0.1, 0.15) is 11.4 Å². The van der Waals surface area contributed by atoms with Crippen LogP contribution in [0.15, 0.2) is 53.4 Å². The number of H-pyrrole nitrogens is 1. The highest BCUT2D eigenvalue weighted by Gasteiger charge is 2.38. The largest absolute Gasteiger partial charge is 0.433 e. The molecule has 1 heterocycles. The van der Waals surface area contributed by atoms with Crippen LogP contribution in [0.5, 0.6) is 0 Å². The van der Waals surface area contributed by atoms with Gasteiger partial charge in [0, 0.05) is 16.1 Å². The van der Waals surface area contributed by atoms with Crippen LogP contribution in [0.4, 0.5) is 13.2 Å². The van der Waals surface area contributed by atoms with Crippen LogP contribution in [-0.4, -0.2) is 18.6 Å². The van der Waals surface area contributed by atoms with E-state index >= 15 is 0 Å². The van der Waals surface area contributed by atoms with E-state index in [0.29, 0.717) is 5.56 Å². The Hall–Kier alpha value is -2.36. The second-order valence-corrected chi connectivity index (χ2v) is 7.40. The van der Waals surface area contributed by atoms with Crippen molar-refractivity contribution in [3.8, 4) is 22.4 Å². The molecule has 0 amide bonds. The Bertz CT molecular complexity index is 1060. The van der Waals surface area contributed by atoms with Gasteiger partial charge in [-0.15, -0.1) is 0 Å². The van der Waals surface area contributed by atoms with Crippen molar-refractivity contribution in [3.05, 3.63) is 59.2 Å². The van der Waals surface area contributed by atoms with Crippen LogP contribution in [0.25, 0.3) is 22.4 Å². The van der Waals surface area contributed by atoms with Gasteiger partial charge >= 0.3 is 6.18 Å². The Balaban J connectivity index is 2.21. The number of nitrogens with two attached hydrogens (primary N) is 1. The molecule has 3 N–H and O–H groups in total. The lowest BCUT2D eigenvalue weighted by molar-refractivity contribution is -0.140. The van der Waals surface area contributed by atoms with Crippen molar-refractivity contribution in [3.63, 3.8) is 0 Å². The average molecular weight is 402 g/mol. The summed E-state index contributed by atoms with van der Waals surface area (Å²) in [7, 11) is -3.91. The smallest absolute Gasteiger partial charge is 0.272 e. The number of hydrogen-bond acceptors (Lipinski definition) is 3. The van der Waals surface area contributed by atoms with Crippen LogP contribution in [0.2, 0.25) is 5.02 Å². The second kappa shape index (κ2) is 6.42. The number of nitrogens with zero attached hydrogens (tertiary/aromatic N) is 1. The number of benzene rings is 2. The molecular formula is C16H11ClF3N3O2S. The van der Waals surface area contributed by atoms with Gasteiger partial charge in [0.05, 0.1) is 4.90 Å². The van der Waals surface area contributed by atoms with Crippen LogP contribution in [0.3, 0.4) is 0 Å². The zero-order chi connectivity index (χ0) is 19.1. The van der Waals surface area contributed by atoms with E-state index in [1.807, 2.05) is 5.10 Å². The first-order chi connectivity index (χ1) is 12.1. The predicted octanol–water partition coefficient (Wildman–Crippen LogP) is 4.06. The number of aromatic amines is 1. The molecule has 0 saturated carbocycles. The third kappa shape index (κ3) is 3.59. The molecule has 0 fully saturated rings. The molecule has 0 aliphatic carbocycles. The molecule has 26 heavy (non-hydrogen) atoms. The number of nitrogens with one attached hydrogen (secondary N) is 1. The molecule has 0 spiro atoms. The van der Waals surface area contributed by atoms with Gasteiger partial charge in [-0.2, -0.15) is 18.3 Å². The first kappa shape index (κ1) is 18.4. The summed E-state index contributed by atoms with van der Waals surface area (Å²) < 4.78 is 62.8. The quantitative estimate of drug-likeness (QED) is 0.693. The topological polar surface area (TPSA) is 88.8 Å². The van der Waals surface area contributed by atoms with Gasteiger partial charge in [-0.05, 0) is 29.8 Å². The minimum Gasteiger partial charge on any atom is -0.272 e. The van der Waals surface area contributed by atoms with Crippen molar-refractivity contribution in [2.24, 2.45) is 5.14 Å². The summed E-state index contributed by atoms with van der Waals surface area (Å²) in [6.45, 7) is 0. The Morgan fingerprint density at radius 2 is 1.69 bits per heavy atom. The summed E-state index contributed by atoms with van der Waals surface area (Å²) in [6.07, 6.45) is -4.66. The fourth-order valence-electron chi connectivity index (χ4n) is 2.48. The standard InChI is InChI=1S/C16H11ClF3N3O2S/c17-11-3-1-2-10(8-11)13-14(22-23-15(13)16(18,19)20)9-4-6-12(7-5-9)26(21,24)25/h1-8H,(H,22,23)(H2,21,24,25). The Morgan fingerprint density at radius 3 is 2.23 bits per heavy atom. The first-order valence-corrected chi connectivity index (χ1v) is 9.04. The maximum Gasteiger partial charge on any atom is 0.433 e. The molecule has 0 bridgehead atoms. The maximum absolute atomic E-state index is 13.4. The van der Waals surface area contributed by atoms with E-state index < -0.39 is 21.9 Å². The normalized spacial score (nSPS) is 12.3. The molecule has 2 aromatic carbocycles. The summed E-state index contributed by atoms with van der Waals surface area (Å²) in [5.41, 5.74) is -0.669. The first-order valence-electron chi connectivity index (χ1n) is 7.12. The number of aromatic nitrogens is 2. The molecule has 5 nitrogen and oxygen atoms in total. The van der Waals surface area contributed by atoms with Crippen molar-refractivity contribution >= 4 is 21.6 Å². The lowest BCUT2D eigenvalue weighted by Crippen LogP contribution is -2.11. The minimum atomic E-state index is -4.66. The molecule has 0 atom stereocenters. The molecule has 3 rings (SSSR count). The molecule has 3 aromatic rings. The van der Waals surface area contributed by atoms with Gasteiger partial charge in [-0.1, -0.05) is 35.9 Å². The Labute approximate surface area is 151 Å². The van der Waals surface area contributed by atoms with E-state index in [-0.39, 0.29) is 26.7 Å². The highest BCUT2D eigenvalue weighted by atomic mass is 35.5. The maximum atomic E-state index is 13.4. The van der Waals surface area contributed by atoms with Crippen molar-refractivity contribution in [2.45, 2.75) is 11.1 Å². The molecule has 10 heteroatoms. The summed E-state index contributed by atoms with van der Waals surface area (Å²) in [4.78, 5) is -0.155. The third-order valence-corrected chi connectivity index (χ3v) is 4.78. The summed E-state index contributed by atoms with van der Waals surface area (Å²) in [6, 6.07) is 11.0. The number of alkyl halides is 3. The van der Waals surface area contributed by atoms with E-state index in [2.05, 4.69) is 5.10 Å². The van der Waals surface area contributed by atoms with Gasteiger partial charge in [-0.25, -0.2) is 13.6 Å². The lowest BCUT2D eigenvalue weighted by atomic mass is 9.99. The van der Waals surface area contributed by atoms with Crippen LogP contribution >= 0.6 is 11.6 Å². The van der Waals surface area contributed by atoms with E-state index in [0.717, 1.165) is 0 Å². The van der Waals surface area contributed by atoms with Gasteiger partial charge in [-0.3, -0.25) is 5.10 Å². The zero-order valence-corrected chi connectivity index (χ0v) is 14.5. The van der Waals surface area contributed by atoms with Crippen LogP contribution in [0.1, 0.15) is 5.69 Å². The number of rotatable bonds is 3. The third-order valence-electron chi connectivity index (χ3n) is 3.62. The Morgan fingerprint density at radius 1 is 1.04 bits per heavy atom. The fourth-order valence-corrected chi connectivity index (χ4v) is 3.19. The predicted molar refractivity (Wildman–Crippen MR) is 90.8 cm³/mol. The van der Waals surface area contributed by atoms with Gasteiger partial charge in [0.15, 0.2) is 0 Å². The molecule has 0 saturated heterocycles.